The van der Waals surface area contributed by atoms with Crippen LogP contribution in [-0.2, 0) is 4.79 Å². The zero-order valence-corrected chi connectivity index (χ0v) is 17.3. The Balaban J connectivity index is 1.47. The van der Waals surface area contributed by atoms with E-state index >= 15 is 0 Å². The standard InChI is InChI=1S/C22H25N3O6/c1-2-30-19-8-3-4-9-20(19)31-18-10-12-24(13-11-18)21(26)15-23-22(27)16-6-5-7-17(14-16)25(28)29/h3-9,14,18H,2,10-13,15H2,1H3,(H,23,27). The van der Waals surface area contributed by atoms with Crippen LogP contribution in [0.3, 0.4) is 0 Å². The number of ether oxygens (including phenoxy) is 2. The average molecular weight is 427 g/mol. The first-order valence-electron chi connectivity index (χ1n) is 10.2. The summed E-state index contributed by atoms with van der Waals surface area (Å²) in [5.41, 5.74) is -0.0333. The van der Waals surface area contributed by atoms with Crippen molar-refractivity contribution in [1.29, 1.82) is 0 Å². The Morgan fingerprint density at radius 2 is 1.84 bits per heavy atom. The molecule has 1 saturated heterocycles. The van der Waals surface area contributed by atoms with E-state index in [9.17, 15) is 19.7 Å². The second-order valence-corrected chi connectivity index (χ2v) is 7.07. The van der Waals surface area contributed by atoms with E-state index in [1.807, 2.05) is 31.2 Å². The third kappa shape index (κ3) is 5.94. The number of non-ortho nitro benzene ring substituents is 1. The first-order valence-corrected chi connectivity index (χ1v) is 10.2. The number of carbonyl (C=O) groups excluding carboxylic acids is 2. The number of piperidine rings is 1. The summed E-state index contributed by atoms with van der Waals surface area (Å²) in [6.45, 7) is 3.34. The van der Waals surface area contributed by atoms with Crippen LogP contribution in [0, 0.1) is 10.1 Å². The fraction of sp³-hybridized carbons (Fsp3) is 0.364. The van der Waals surface area contributed by atoms with Crippen LogP contribution in [0.25, 0.3) is 0 Å². The number of nitro benzene ring substituents is 1. The number of nitrogens with one attached hydrogen (secondary N) is 1. The highest BCUT2D eigenvalue weighted by molar-refractivity contribution is 5.96. The molecule has 1 N–H and O–H groups in total. The molecule has 1 aliphatic heterocycles. The smallest absolute Gasteiger partial charge is 0.270 e. The van der Waals surface area contributed by atoms with E-state index in [1.165, 1.54) is 24.3 Å². The fourth-order valence-electron chi connectivity index (χ4n) is 3.36. The Labute approximate surface area is 180 Å². The Morgan fingerprint density at radius 1 is 1.13 bits per heavy atom. The Bertz CT molecular complexity index is 940. The highest BCUT2D eigenvalue weighted by atomic mass is 16.6. The van der Waals surface area contributed by atoms with Crippen LogP contribution in [0.15, 0.2) is 48.5 Å². The number of amides is 2. The summed E-state index contributed by atoms with van der Waals surface area (Å²) >= 11 is 0. The van der Waals surface area contributed by atoms with Gasteiger partial charge in [-0.15, -0.1) is 0 Å². The van der Waals surface area contributed by atoms with Gasteiger partial charge in [0.05, 0.1) is 18.1 Å². The van der Waals surface area contributed by atoms with Gasteiger partial charge in [0.2, 0.25) is 5.91 Å². The molecule has 2 amide bonds. The molecule has 1 fully saturated rings. The molecule has 9 heteroatoms. The van der Waals surface area contributed by atoms with Crippen molar-refractivity contribution in [2.75, 3.05) is 26.2 Å². The lowest BCUT2D eigenvalue weighted by atomic mass is 10.1. The van der Waals surface area contributed by atoms with E-state index in [0.717, 1.165) is 0 Å². The first kappa shape index (κ1) is 22.1. The van der Waals surface area contributed by atoms with Crippen LogP contribution >= 0.6 is 0 Å². The van der Waals surface area contributed by atoms with Gasteiger partial charge in [-0.05, 0) is 25.1 Å². The molecule has 2 aromatic carbocycles. The van der Waals surface area contributed by atoms with Gasteiger partial charge in [-0.2, -0.15) is 0 Å². The third-order valence-corrected chi connectivity index (χ3v) is 4.96. The number of hydrogen-bond donors (Lipinski definition) is 1. The lowest BCUT2D eigenvalue weighted by Crippen LogP contribution is -2.46. The van der Waals surface area contributed by atoms with Gasteiger partial charge in [-0.1, -0.05) is 18.2 Å². The average Bonchev–Trinajstić information content (AvgIpc) is 2.79. The molecule has 0 aliphatic carbocycles. The van der Waals surface area contributed by atoms with Crippen LogP contribution in [0.2, 0.25) is 0 Å². The minimum absolute atomic E-state index is 0.0230. The maximum Gasteiger partial charge on any atom is 0.270 e. The molecule has 0 atom stereocenters. The Morgan fingerprint density at radius 3 is 2.52 bits per heavy atom. The number of nitro groups is 1. The molecule has 3 rings (SSSR count). The van der Waals surface area contributed by atoms with Crippen LogP contribution in [0.1, 0.15) is 30.1 Å². The van der Waals surface area contributed by atoms with Gasteiger partial charge in [-0.25, -0.2) is 0 Å². The van der Waals surface area contributed by atoms with Gasteiger partial charge < -0.3 is 19.7 Å². The molecule has 1 heterocycles. The van der Waals surface area contributed by atoms with E-state index < -0.39 is 10.8 Å². The van der Waals surface area contributed by atoms with Crippen molar-refractivity contribution in [1.82, 2.24) is 10.2 Å². The fourth-order valence-corrected chi connectivity index (χ4v) is 3.36. The largest absolute Gasteiger partial charge is 0.490 e. The minimum atomic E-state index is -0.569. The zero-order valence-electron chi connectivity index (χ0n) is 17.3. The quantitative estimate of drug-likeness (QED) is 0.512. The summed E-state index contributed by atoms with van der Waals surface area (Å²) in [4.78, 5) is 36.6. The van der Waals surface area contributed by atoms with Gasteiger partial charge >= 0.3 is 0 Å². The van der Waals surface area contributed by atoms with Gasteiger partial charge in [0.25, 0.3) is 11.6 Å². The number of likely N-dealkylation sites (tertiary alicyclic amines) is 1. The molecule has 9 nitrogen and oxygen atoms in total. The minimum Gasteiger partial charge on any atom is -0.490 e. The lowest BCUT2D eigenvalue weighted by molar-refractivity contribution is -0.384. The van der Waals surface area contributed by atoms with E-state index in [1.54, 1.807) is 4.90 Å². The van der Waals surface area contributed by atoms with Crippen LogP contribution in [-0.4, -0.2) is 54.0 Å². The summed E-state index contributed by atoms with van der Waals surface area (Å²) in [5, 5.41) is 13.4. The summed E-state index contributed by atoms with van der Waals surface area (Å²) < 4.78 is 11.6. The molecular formula is C22H25N3O6. The summed E-state index contributed by atoms with van der Waals surface area (Å²) in [6.07, 6.45) is 1.32. The van der Waals surface area contributed by atoms with E-state index in [-0.39, 0.29) is 29.8 Å². The van der Waals surface area contributed by atoms with Gasteiger partial charge in [0.15, 0.2) is 11.5 Å². The predicted octanol–water partition coefficient (Wildman–Crippen LogP) is 2.79. The molecule has 31 heavy (non-hydrogen) atoms. The van der Waals surface area contributed by atoms with Crippen molar-refractivity contribution in [3.63, 3.8) is 0 Å². The normalized spacial score (nSPS) is 14.0. The molecule has 164 valence electrons. The topological polar surface area (TPSA) is 111 Å². The number of nitrogens with zero attached hydrogens (tertiary/aromatic N) is 2. The van der Waals surface area contributed by atoms with E-state index in [0.29, 0.717) is 44.0 Å². The van der Waals surface area contributed by atoms with E-state index in [4.69, 9.17) is 9.47 Å². The zero-order chi connectivity index (χ0) is 22.2. The maximum absolute atomic E-state index is 12.5. The predicted molar refractivity (Wildman–Crippen MR) is 113 cm³/mol. The van der Waals surface area contributed by atoms with Crippen LogP contribution in [0.4, 0.5) is 5.69 Å². The highest BCUT2D eigenvalue weighted by Gasteiger charge is 2.25. The highest BCUT2D eigenvalue weighted by Crippen LogP contribution is 2.29. The molecule has 0 spiro atoms. The lowest BCUT2D eigenvalue weighted by Gasteiger charge is -2.32. The van der Waals surface area contributed by atoms with Crippen molar-refractivity contribution in [2.24, 2.45) is 0 Å². The first-order chi connectivity index (χ1) is 15.0. The van der Waals surface area contributed by atoms with Crippen molar-refractivity contribution < 1.29 is 24.0 Å². The van der Waals surface area contributed by atoms with Crippen molar-refractivity contribution >= 4 is 17.5 Å². The second kappa shape index (κ2) is 10.4. The van der Waals surface area contributed by atoms with Gasteiger partial charge in [0.1, 0.15) is 6.10 Å². The molecule has 2 aromatic rings. The van der Waals surface area contributed by atoms with Crippen molar-refractivity contribution in [3.8, 4) is 11.5 Å². The van der Waals surface area contributed by atoms with Crippen molar-refractivity contribution in [3.05, 3.63) is 64.2 Å². The maximum atomic E-state index is 12.5. The van der Waals surface area contributed by atoms with Gasteiger partial charge in [0, 0.05) is 43.6 Å². The number of rotatable bonds is 8. The second-order valence-electron chi connectivity index (χ2n) is 7.07. The number of benzene rings is 2. The molecule has 0 saturated carbocycles. The number of carbonyl (C=O) groups is 2. The SMILES string of the molecule is CCOc1ccccc1OC1CCN(C(=O)CNC(=O)c2cccc([N+](=O)[O-])c2)CC1. The third-order valence-electron chi connectivity index (χ3n) is 4.96. The Hall–Kier alpha value is -3.62. The number of para-hydroxylation sites is 2. The summed E-state index contributed by atoms with van der Waals surface area (Å²) in [7, 11) is 0. The van der Waals surface area contributed by atoms with Gasteiger partial charge in [-0.3, -0.25) is 19.7 Å². The molecule has 0 bridgehead atoms. The van der Waals surface area contributed by atoms with Crippen molar-refractivity contribution in [2.45, 2.75) is 25.9 Å². The monoisotopic (exact) mass is 427 g/mol. The Kier molecular flexibility index (Phi) is 7.42. The van der Waals surface area contributed by atoms with Crippen LogP contribution < -0.4 is 14.8 Å². The number of hydrogen-bond acceptors (Lipinski definition) is 6. The molecule has 1 aliphatic rings. The molecule has 0 unspecified atom stereocenters. The van der Waals surface area contributed by atoms with E-state index in [2.05, 4.69) is 5.32 Å². The molecule has 0 radical (unpaired) electrons. The van der Waals surface area contributed by atoms with Crippen LogP contribution in [0.5, 0.6) is 11.5 Å². The molecular weight excluding hydrogens is 402 g/mol. The molecule has 0 aromatic heterocycles. The summed E-state index contributed by atoms with van der Waals surface area (Å²) in [5.74, 6) is 0.667. The summed E-state index contributed by atoms with van der Waals surface area (Å²) in [6, 6.07) is 12.9.